The van der Waals surface area contributed by atoms with Crippen LogP contribution >= 0.6 is 0 Å². The minimum atomic E-state index is -0.0866. The second-order valence-electron chi connectivity index (χ2n) is 6.04. The van der Waals surface area contributed by atoms with Crippen LogP contribution in [0.15, 0.2) is 24.3 Å². The van der Waals surface area contributed by atoms with Crippen LogP contribution in [0.1, 0.15) is 70.3 Å². The molecule has 1 aromatic rings. The Bertz CT molecular complexity index is 452. The molecule has 0 unspecified atom stereocenters. The molecule has 0 N–H and O–H groups in total. The third-order valence-corrected chi connectivity index (χ3v) is 4.35. The van der Waals surface area contributed by atoms with Gasteiger partial charge in [-0.15, -0.1) is 0 Å². The van der Waals surface area contributed by atoms with Gasteiger partial charge in [-0.05, 0) is 43.4 Å². The van der Waals surface area contributed by atoms with Crippen molar-refractivity contribution in [3.8, 4) is 5.75 Å². The SMILES string of the molecule is CCCCOc1ccc([C@H]2CCCC[C@@H]2OC(=O)CC)cc1. The van der Waals surface area contributed by atoms with E-state index >= 15 is 0 Å². The molecule has 3 nitrogen and oxygen atoms in total. The summed E-state index contributed by atoms with van der Waals surface area (Å²) in [5, 5.41) is 0. The molecule has 0 saturated heterocycles. The third kappa shape index (κ3) is 4.75. The van der Waals surface area contributed by atoms with Crippen molar-refractivity contribution in [2.75, 3.05) is 6.61 Å². The molecule has 0 amide bonds. The normalized spacial score (nSPS) is 21.4. The van der Waals surface area contributed by atoms with Gasteiger partial charge in [0.25, 0.3) is 0 Å². The number of ether oxygens (including phenoxy) is 2. The highest BCUT2D eigenvalue weighted by molar-refractivity contribution is 5.69. The van der Waals surface area contributed by atoms with Crippen molar-refractivity contribution in [3.05, 3.63) is 29.8 Å². The van der Waals surface area contributed by atoms with E-state index in [1.54, 1.807) is 0 Å². The number of hydrogen-bond donors (Lipinski definition) is 0. The van der Waals surface area contributed by atoms with Crippen LogP contribution in [0.25, 0.3) is 0 Å². The van der Waals surface area contributed by atoms with Gasteiger partial charge in [-0.25, -0.2) is 0 Å². The predicted molar refractivity (Wildman–Crippen MR) is 88.2 cm³/mol. The van der Waals surface area contributed by atoms with E-state index in [1.807, 2.05) is 19.1 Å². The van der Waals surface area contributed by atoms with Crippen LogP contribution in [0, 0.1) is 0 Å². The van der Waals surface area contributed by atoms with Gasteiger partial charge >= 0.3 is 5.97 Å². The number of hydrogen-bond acceptors (Lipinski definition) is 3. The Morgan fingerprint density at radius 1 is 1.14 bits per heavy atom. The number of benzene rings is 1. The Morgan fingerprint density at radius 2 is 1.86 bits per heavy atom. The molecule has 0 heterocycles. The van der Waals surface area contributed by atoms with Crippen molar-refractivity contribution in [1.29, 1.82) is 0 Å². The summed E-state index contributed by atoms with van der Waals surface area (Å²) in [5.41, 5.74) is 1.26. The zero-order chi connectivity index (χ0) is 15.8. The summed E-state index contributed by atoms with van der Waals surface area (Å²) in [7, 11) is 0. The molecule has 1 fully saturated rings. The highest BCUT2D eigenvalue weighted by Gasteiger charge is 2.29. The van der Waals surface area contributed by atoms with Gasteiger partial charge in [0.1, 0.15) is 11.9 Å². The summed E-state index contributed by atoms with van der Waals surface area (Å²) in [6, 6.07) is 8.34. The smallest absolute Gasteiger partial charge is 0.305 e. The van der Waals surface area contributed by atoms with Gasteiger partial charge in [0, 0.05) is 12.3 Å². The van der Waals surface area contributed by atoms with Crippen LogP contribution in [-0.2, 0) is 9.53 Å². The van der Waals surface area contributed by atoms with Crippen LogP contribution < -0.4 is 4.74 Å². The topological polar surface area (TPSA) is 35.5 Å². The quantitative estimate of drug-likeness (QED) is 0.534. The summed E-state index contributed by atoms with van der Waals surface area (Å²) >= 11 is 0. The zero-order valence-electron chi connectivity index (χ0n) is 13.8. The third-order valence-electron chi connectivity index (χ3n) is 4.35. The average molecular weight is 304 g/mol. The van der Waals surface area contributed by atoms with Crippen molar-refractivity contribution < 1.29 is 14.3 Å². The maximum Gasteiger partial charge on any atom is 0.305 e. The van der Waals surface area contributed by atoms with Crippen molar-refractivity contribution in [2.24, 2.45) is 0 Å². The Morgan fingerprint density at radius 3 is 2.55 bits per heavy atom. The van der Waals surface area contributed by atoms with Crippen LogP contribution in [0.5, 0.6) is 5.75 Å². The van der Waals surface area contributed by atoms with Gasteiger partial charge in [0.2, 0.25) is 0 Å². The average Bonchev–Trinajstić information content (AvgIpc) is 2.56. The number of unbranched alkanes of at least 4 members (excludes halogenated alkanes) is 1. The molecule has 0 bridgehead atoms. The summed E-state index contributed by atoms with van der Waals surface area (Å²) in [5.74, 6) is 1.17. The Hall–Kier alpha value is -1.51. The number of carbonyl (C=O) groups is 1. The van der Waals surface area contributed by atoms with Crippen LogP contribution in [0.3, 0.4) is 0 Å². The fourth-order valence-electron chi connectivity index (χ4n) is 3.02. The van der Waals surface area contributed by atoms with Gasteiger partial charge < -0.3 is 9.47 Å². The number of carbonyl (C=O) groups excluding carboxylic acids is 1. The lowest BCUT2D eigenvalue weighted by Crippen LogP contribution is -2.28. The minimum Gasteiger partial charge on any atom is -0.494 e. The van der Waals surface area contributed by atoms with Gasteiger partial charge in [-0.1, -0.05) is 38.8 Å². The first-order valence-electron chi connectivity index (χ1n) is 8.66. The Kier molecular flexibility index (Phi) is 6.75. The Labute approximate surface area is 134 Å². The molecule has 0 spiro atoms. The summed E-state index contributed by atoms with van der Waals surface area (Å²) in [6.45, 7) is 4.78. The summed E-state index contributed by atoms with van der Waals surface area (Å²) in [4.78, 5) is 11.6. The second-order valence-corrected chi connectivity index (χ2v) is 6.04. The van der Waals surface area contributed by atoms with Gasteiger partial charge in [-0.2, -0.15) is 0 Å². The standard InChI is InChI=1S/C19H28O3/c1-3-5-14-21-16-12-10-15(11-13-16)17-8-6-7-9-18(17)22-19(20)4-2/h10-13,17-18H,3-9,14H2,1-2H3/t17-,18+/m1/s1. The van der Waals surface area contributed by atoms with E-state index < -0.39 is 0 Å². The maximum atomic E-state index is 11.6. The fourth-order valence-corrected chi connectivity index (χ4v) is 3.02. The van der Waals surface area contributed by atoms with Crippen LogP contribution in [-0.4, -0.2) is 18.7 Å². The Balaban J connectivity index is 1.99. The van der Waals surface area contributed by atoms with Gasteiger partial charge in [-0.3, -0.25) is 4.79 Å². The van der Waals surface area contributed by atoms with E-state index in [0.29, 0.717) is 12.3 Å². The monoisotopic (exact) mass is 304 g/mol. The highest BCUT2D eigenvalue weighted by Crippen LogP contribution is 2.35. The van der Waals surface area contributed by atoms with E-state index in [4.69, 9.17) is 9.47 Å². The molecule has 2 atom stereocenters. The molecule has 0 aliphatic heterocycles. The largest absolute Gasteiger partial charge is 0.494 e. The first kappa shape index (κ1) is 16.9. The molecule has 1 saturated carbocycles. The van der Waals surface area contributed by atoms with Crippen LogP contribution in [0.2, 0.25) is 0 Å². The first-order chi connectivity index (χ1) is 10.7. The van der Waals surface area contributed by atoms with Gasteiger partial charge in [0.05, 0.1) is 6.61 Å². The molecule has 1 aromatic carbocycles. The second kappa shape index (κ2) is 8.82. The van der Waals surface area contributed by atoms with Crippen molar-refractivity contribution in [2.45, 2.75) is 70.8 Å². The predicted octanol–water partition coefficient (Wildman–Crippen LogP) is 4.84. The zero-order valence-corrected chi connectivity index (χ0v) is 13.8. The van der Waals surface area contributed by atoms with Crippen molar-refractivity contribution in [1.82, 2.24) is 0 Å². The van der Waals surface area contributed by atoms with Gasteiger partial charge in [0.15, 0.2) is 0 Å². The molecule has 1 aliphatic rings. The molecule has 0 aromatic heterocycles. The maximum absolute atomic E-state index is 11.6. The lowest BCUT2D eigenvalue weighted by molar-refractivity contribution is -0.151. The lowest BCUT2D eigenvalue weighted by Gasteiger charge is -2.31. The fraction of sp³-hybridized carbons (Fsp3) is 0.632. The minimum absolute atomic E-state index is 0.0352. The molecular formula is C19H28O3. The molecular weight excluding hydrogens is 276 g/mol. The molecule has 22 heavy (non-hydrogen) atoms. The number of rotatable bonds is 7. The molecule has 122 valence electrons. The first-order valence-corrected chi connectivity index (χ1v) is 8.66. The van der Waals surface area contributed by atoms with E-state index in [9.17, 15) is 4.79 Å². The van der Waals surface area contributed by atoms with Crippen LogP contribution in [0.4, 0.5) is 0 Å². The van der Waals surface area contributed by atoms with E-state index in [1.165, 1.54) is 12.0 Å². The van der Waals surface area contributed by atoms with Crippen molar-refractivity contribution in [3.63, 3.8) is 0 Å². The van der Waals surface area contributed by atoms with E-state index in [0.717, 1.165) is 44.5 Å². The summed E-state index contributed by atoms with van der Waals surface area (Å²) < 4.78 is 11.4. The van der Waals surface area contributed by atoms with E-state index in [2.05, 4.69) is 19.1 Å². The van der Waals surface area contributed by atoms with E-state index in [-0.39, 0.29) is 12.1 Å². The molecule has 0 radical (unpaired) electrons. The number of esters is 1. The molecule has 3 heteroatoms. The molecule has 1 aliphatic carbocycles. The molecule has 2 rings (SSSR count). The summed E-state index contributed by atoms with van der Waals surface area (Å²) in [6.07, 6.45) is 7.14. The highest BCUT2D eigenvalue weighted by atomic mass is 16.5. The lowest BCUT2D eigenvalue weighted by atomic mass is 9.81. The van der Waals surface area contributed by atoms with Crippen molar-refractivity contribution >= 4 is 5.97 Å².